The van der Waals surface area contributed by atoms with Gasteiger partial charge in [0.1, 0.15) is 11.6 Å². The highest BCUT2D eigenvalue weighted by atomic mass is 16.6. The third-order valence-corrected chi connectivity index (χ3v) is 6.81. The lowest BCUT2D eigenvalue weighted by Gasteiger charge is -2.56. The maximum atomic E-state index is 13.8. The maximum absolute atomic E-state index is 13.8. The Hall–Kier alpha value is -1.85. The van der Waals surface area contributed by atoms with E-state index in [2.05, 4.69) is 26.8 Å². The molecule has 0 spiro atoms. The summed E-state index contributed by atoms with van der Waals surface area (Å²) in [6.07, 6.45) is 2.11. The number of carbonyl (C=O) groups is 1. The zero-order valence-electron chi connectivity index (χ0n) is 18.6. The first-order valence-corrected chi connectivity index (χ1v) is 10.8. The van der Waals surface area contributed by atoms with Crippen molar-refractivity contribution in [2.24, 2.45) is 11.3 Å². The van der Waals surface area contributed by atoms with Crippen LogP contribution in [0.25, 0.3) is 10.9 Å². The first-order valence-electron chi connectivity index (χ1n) is 10.8. The molecule has 0 aliphatic carbocycles. The first-order chi connectivity index (χ1) is 13.4. The van der Waals surface area contributed by atoms with Gasteiger partial charge < -0.3 is 14.6 Å². The number of nitrogens with zero attached hydrogens (tertiary/aromatic N) is 2. The van der Waals surface area contributed by atoms with Crippen molar-refractivity contribution in [2.45, 2.75) is 72.4 Å². The van der Waals surface area contributed by atoms with Crippen LogP contribution in [-0.4, -0.2) is 34.0 Å². The molecule has 5 heteroatoms. The molecule has 0 bridgehead atoms. The molecule has 0 amide bonds. The number of carbonyl (C=O) groups excluding carboxylic acids is 1. The van der Waals surface area contributed by atoms with Gasteiger partial charge in [0.05, 0.1) is 24.3 Å². The summed E-state index contributed by atoms with van der Waals surface area (Å²) in [7, 11) is 0. The lowest BCUT2D eigenvalue weighted by molar-refractivity contribution is -0.921. The van der Waals surface area contributed by atoms with Gasteiger partial charge in [0.25, 0.3) is 0 Å². The van der Waals surface area contributed by atoms with Crippen molar-refractivity contribution in [1.29, 1.82) is 0 Å². The van der Waals surface area contributed by atoms with Crippen molar-refractivity contribution in [1.82, 2.24) is 4.57 Å². The van der Waals surface area contributed by atoms with Crippen molar-refractivity contribution in [2.75, 3.05) is 13.1 Å². The van der Waals surface area contributed by atoms with Crippen LogP contribution < -0.4 is 0 Å². The molecule has 1 aromatic carbocycles. The fraction of sp³-hybridized carbons (Fsp3) is 0.625. The third-order valence-electron chi connectivity index (χ3n) is 6.81. The molecule has 0 N–H and O–H groups in total. The first kappa shape index (κ1) is 20.4. The molecule has 0 unspecified atom stereocenters. The van der Waals surface area contributed by atoms with Gasteiger partial charge in [0.2, 0.25) is 0 Å². The Labute approximate surface area is 173 Å². The number of hydrogen-bond acceptors (Lipinski definition) is 3. The molecule has 29 heavy (non-hydrogen) atoms. The van der Waals surface area contributed by atoms with Gasteiger partial charge >= 0.3 is 6.09 Å². The summed E-state index contributed by atoms with van der Waals surface area (Å²) < 4.78 is 7.29. The van der Waals surface area contributed by atoms with Gasteiger partial charge in [-0.1, -0.05) is 39.0 Å². The van der Waals surface area contributed by atoms with Crippen molar-refractivity contribution in [3.63, 3.8) is 0 Å². The molecule has 0 radical (unpaired) electrons. The summed E-state index contributed by atoms with van der Waals surface area (Å²) >= 11 is 0. The number of ether oxygens (including phenoxy) is 1. The predicted molar refractivity (Wildman–Crippen MR) is 116 cm³/mol. The molecule has 2 aromatic rings. The maximum Gasteiger partial charge on any atom is 0.419 e. The number of fused-ring (bicyclic) bond motifs is 5. The Bertz CT molecular complexity index is 947. The SMILES string of the molecule is CC(C)(C)OC(=O)n1c2c(c3ccccc31)CC[N@@+]1([O-])CC[C@@H](C(C)(C)C)C[C@@H]21. The van der Waals surface area contributed by atoms with Gasteiger partial charge in [-0.05, 0) is 43.7 Å². The Morgan fingerprint density at radius 1 is 1.14 bits per heavy atom. The van der Waals surface area contributed by atoms with Gasteiger partial charge in [0.15, 0.2) is 0 Å². The van der Waals surface area contributed by atoms with E-state index in [1.807, 2.05) is 39.0 Å². The van der Waals surface area contributed by atoms with Crippen molar-refractivity contribution >= 4 is 17.0 Å². The number of rotatable bonds is 0. The monoisotopic (exact) mass is 398 g/mol. The zero-order chi connectivity index (χ0) is 21.2. The number of para-hydroxylation sites is 1. The molecule has 0 saturated carbocycles. The highest BCUT2D eigenvalue weighted by Crippen LogP contribution is 2.50. The molecule has 2 aliphatic rings. The largest absolute Gasteiger partial charge is 0.632 e. The molecular formula is C24H34N2O3. The van der Waals surface area contributed by atoms with Crippen LogP contribution in [0.2, 0.25) is 0 Å². The van der Waals surface area contributed by atoms with E-state index in [0.717, 1.165) is 35.0 Å². The van der Waals surface area contributed by atoms with Crippen LogP contribution in [0.5, 0.6) is 0 Å². The molecule has 2 aliphatic heterocycles. The van der Waals surface area contributed by atoms with E-state index in [9.17, 15) is 10.0 Å². The van der Waals surface area contributed by atoms with Crippen LogP contribution in [0, 0.1) is 16.5 Å². The average molecular weight is 399 g/mol. The minimum Gasteiger partial charge on any atom is -0.632 e. The highest BCUT2D eigenvalue weighted by molar-refractivity contribution is 5.94. The molecule has 1 aromatic heterocycles. The predicted octanol–water partition coefficient (Wildman–Crippen LogP) is 5.79. The number of hydrogen-bond donors (Lipinski definition) is 0. The summed E-state index contributed by atoms with van der Waals surface area (Å²) in [6, 6.07) is 7.80. The minimum absolute atomic E-state index is 0.144. The van der Waals surface area contributed by atoms with Crippen LogP contribution in [0.3, 0.4) is 0 Å². The van der Waals surface area contributed by atoms with E-state index in [0.29, 0.717) is 25.4 Å². The summed E-state index contributed by atoms with van der Waals surface area (Å²) in [5.41, 5.74) is 2.48. The Kier molecular flexibility index (Phi) is 4.63. The molecule has 3 heterocycles. The van der Waals surface area contributed by atoms with Crippen molar-refractivity contribution in [3.05, 3.63) is 40.7 Å². The van der Waals surface area contributed by atoms with Crippen LogP contribution in [0.4, 0.5) is 4.79 Å². The molecule has 4 rings (SSSR count). The average Bonchev–Trinajstić information content (AvgIpc) is 2.93. The van der Waals surface area contributed by atoms with E-state index in [-0.39, 0.29) is 22.2 Å². The smallest absolute Gasteiger partial charge is 0.419 e. The lowest BCUT2D eigenvalue weighted by atomic mass is 9.71. The topological polar surface area (TPSA) is 54.3 Å². The second-order valence-corrected chi connectivity index (χ2v) is 10.9. The second kappa shape index (κ2) is 6.58. The van der Waals surface area contributed by atoms with Crippen LogP contribution in [0.1, 0.15) is 71.7 Å². The number of aromatic nitrogens is 1. The second-order valence-electron chi connectivity index (χ2n) is 10.9. The number of piperidine rings is 1. The van der Waals surface area contributed by atoms with Crippen LogP contribution in [0.15, 0.2) is 24.3 Å². The standard InChI is InChI=1S/C24H34N2O3/c1-23(2,3)16-11-13-26(28)14-12-18-17-9-7-8-10-19(17)25(21(18)20(26)15-16)22(27)29-24(4,5)6/h7-10,16,20H,11-15H2,1-6H3/t16-,20+,26+/m1/s1. The van der Waals surface area contributed by atoms with E-state index in [1.165, 1.54) is 0 Å². The fourth-order valence-corrected chi connectivity index (χ4v) is 5.24. The normalized spacial score (nSPS) is 27.4. The quantitative estimate of drug-likeness (QED) is 0.417. The molecule has 1 saturated heterocycles. The number of hydroxylamine groups is 3. The highest BCUT2D eigenvalue weighted by Gasteiger charge is 2.47. The van der Waals surface area contributed by atoms with Gasteiger partial charge in [-0.2, -0.15) is 0 Å². The summed E-state index contributed by atoms with van der Waals surface area (Å²) in [4.78, 5) is 13.3. The van der Waals surface area contributed by atoms with Crippen LogP contribution >= 0.6 is 0 Å². The van der Waals surface area contributed by atoms with E-state index < -0.39 is 5.60 Å². The third kappa shape index (κ3) is 3.49. The zero-order valence-corrected chi connectivity index (χ0v) is 18.6. The van der Waals surface area contributed by atoms with Gasteiger partial charge in [-0.15, -0.1) is 0 Å². The molecule has 3 atom stereocenters. The number of quaternary nitrogens is 1. The van der Waals surface area contributed by atoms with Gasteiger partial charge in [0, 0.05) is 24.6 Å². The Balaban J connectivity index is 1.90. The van der Waals surface area contributed by atoms with Crippen molar-refractivity contribution in [3.8, 4) is 0 Å². The molecule has 158 valence electrons. The van der Waals surface area contributed by atoms with Crippen molar-refractivity contribution < 1.29 is 14.2 Å². The van der Waals surface area contributed by atoms with E-state index in [4.69, 9.17) is 4.74 Å². The molecule has 5 nitrogen and oxygen atoms in total. The molecular weight excluding hydrogens is 364 g/mol. The fourth-order valence-electron chi connectivity index (χ4n) is 5.24. The minimum atomic E-state index is -0.589. The summed E-state index contributed by atoms with van der Waals surface area (Å²) in [5, 5.41) is 14.9. The summed E-state index contributed by atoms with van der Waals surface area (Å²) in [5.74, 6) is 0.462. The van der Waals surface area contributed by atoms with E-state index in [1.54, 1.807) is 4.57 Å². The Morgan fingerprint density at radius 3 is 2.48 bits per heavy atom. The van der Waals surface area contributed by atoms with Crippen LogP contribution in [-0.2, 0) is 11.2 Å². The van der Waals surface area contributed by atoms with E-state index >= 15 is 0 Å². The lowest BCUT2D eigenvalue weighted by Crippen LogP contribution is -2.55. The molecule has 1 fully saturated rings. The summed E-state index contributed by atoms with van der Waals surface area (Å²) in [6.45, 7) is 13.6. The van der Waals surface area contributed by atoms with Gasteiger partial charge in [-0.3, -0.25) is 0 Å². The van der Waals surface area contributed by atoms with Gasteiger partial charge in [-0.25, -0.2) is 9.36 Å². The number of benzene rings is 1. The Morgan fingerprint density at radius 2 is 1.83 bits per heavy atom.